The smallest absolute Gasteiger partial charge is 0.343 e. The normalized spacial score (nSPS) is 25.4. The van der Waals surface area contributed by atoms with Gasteiger partial charge in [0, 0.05) is 18.4 Å². The molecular weight excluding hydrogens is 388 g/mol. The molecule has 2 aliphatic rings. The van der Waals surface area contributed by atoms with Crippen LogP contribution >= 0.6 is 0 Å². The van der Waals surface area contributed by atoms with Gasteiger partial charge in [-0.25, -0.2) is 4.79 Å². The fourth-order valence-corrected chi connectivity index (χ4v) is 4.43. The topological polar surface area (TPSA) is 114 Å². The molecule has 1 aliphatic heterocycles. The van der Waals surface area contributed by atoms with E-state index in [0.717, 1.165) is 25.7 Å². The quantitative estimate of drug-likeness (QED) is 0.208. The van der Waals surface area contributed by atoms with E-state index in [1.54, 1.807) is 13.0 Å². The first-order chi connectivity index (χ1) is 14.2. The Balaban J connectivity index is 2.11. The number of Topliss-reactive ketones (excluding diaryl/α,β-unsaturated/α-hetero) is 1. The molecule has 3 rings (SSSR count). The molecule has 2 atom stereocenters. The van der Waals surface area contributed by atoms with Gasteiger partial charge in [0.15, 0.2) is 17.7 Å². The number of aldehydes is 1. The number of carbonyl (C=O) groups excluding carboxylic acids is 3. The van der Waals surface area contributed by atoms with Gasteiger partial charge in [-0.3, -0.25) is 9.59 Å². The lowest BCUT2D eigenvalue weighted by Gasteiger charge is -2.43. The largest absolute Gasteiger partial charge is 0.480 e. The minimum absolute atomic E-state index is 0.0476. The van der Waals surface area contributed by atoms with Crippen molar-refractivity contribution < 1.29 is 33.8 Å². The minimum atomic E-state index is -1.71. The SMILES string of the molecule is C/C=C/[C@]1(O)Cc2c(oc(O)c2C=O)C2=C(C(=O)CCCCCCC)C(=O)O[C@@]21C. The highest BCUT2D eigenvalue weighted by Gasteiger charge is 2.62. The molecule has 0 amide bonds. The molecule has 2 N–H and O–H groups in total. The standard InChI is InChI=1S/C23H28O7/c1-4-6-7-8-9-10-16(25)17-18-19-14(15(13-24)20(26)29-19)12-23(28,11-5-2)22(18,3)30-21(17)27/h5,11,13,26,28H,4,6-10,12H2,1-3H3/b11-5+/t22-,23-/m0/s1. The van der Waals surface area contributed by atoms with Crippen molar-refractivity contribution in [3.63, 3.8) is 0 Å². The van der Waals surface area contributed by atoms with Crippen molar-refractivity contribution in [1.82, 2.24) is 0 Å². The summed E-state index contributed by atoms with van der Waals surface area (Å²) in [6.45, 7) is 5.32. The molecule has 0 saturated carbocycles. The number of esters is 1. The van der Waals surface area contributed by atoms with Gasteiger partial charge in [-0.1, -0.05) is 44.8 Å². The number of ether oxygens (including phenoxy) is 1. The van der Waals surface area contributed by atoms with Crippen molar-refractivity contribution in [2.24, 2.45) is 0 Å². The molecule has 0 bridgehead atoms. The van der Waals surface area contributed by atoms with Crippen LogP contribution in [0.25, 0.3) is 5.57 Å². The van der Waals surface area contributed by atoms with Crippen molar-refractivity contribution >= 4 is 23.6 Å². The number of unbranched alkanes of at least 4 members (excludes halogenated alkanes) is 4. The van der Waals surface area contributed by atoms with Gasteiger partial charge in [-0.05, 0) is 20.3 Å². The molecule has 30 heavy (non-hydrogen) atoms. The molecule has 0 aromatic carbocycles. The van der Waals surface area contributed by atoms with Crippen LogP contribution in [0.2, 0.25) is 0 Å². The lowest BCUT2D eigenvalue weighted by atomic mass is 9.68. The number of fused-ring (bicyclic) bond motifs is 3. The number of ketones is 1. The van der Waals surface area contributed by atoms with Gasteiger partial charge in [0.2, 0.25) is 0 Å². The Morgan fingerprint density at radius 3 is 2.57 bits per heavy atom. The summed E-state index contributed by atoms with van der Waals surface area (Å²) in [7, 11) is 0. The van der Waals surface area contributed by atoms with E-state index in [-0.39, 0.29) is 40.9 Å². The van der Waals surface area contributed by atoms with Crippen molar-refractivity contribution in [2.45, 2.75) is 76.9 Å². The number of carbonyl (C=O) groups is 3. The molecule has 7 nitrogen and oxygen atoms in total. The summed E-state index contributed by atoms with van der Waals surface area (Å²) in [6.07, 6.45) is 8.25. The first kappa shape index (κ1) is 22.0. The van der Waals surface area contributed by atoms with E-state index in [4.69, 9.17) is 9.15 Å². The zero-order valence-corrected chi connectivity index (χ0v) is 17.6. The fourth-order valence-electron chi connectivity index (χ4n) is 4.43. The second-order valence-electron chi connectivity index (χ2n) is 8.11. The third-order valence-electron chi connectivity index (χ3n) is 6.10. The molecule has 1 aromatic heterocycles. The molecule has 162 valence electrons. The van der Waals surface area contributed by atoms with Crippen molar-refractivity contribution in [2.75, 3.05) is 0 Å². The van der Waals surface area contributed by atoms with Crippen LogP contribution in [0.1, 0.15) is 81.0 Å². The monoisotopic (exact) mass is 416 g/mol. The van der Waals surface area contributed by atoms with Gasteiger partial charge in [-0.2, -0.15) is 0 Å². The van der Waals surface area contributed by atoms with Crippen LogP contribution < -0.4 is 0 Å². The minimum Gasteiger partial charge on any atom is -0.480 e. The predicted octanol–water partition coefficient (Wildman–Crippen LogP) is 3.66. The summed E-state index contributed by atoms with van der Waals surface area (Å²) in [5.74, 6) is -1.79. The number of allylic oxidation sites excluding steroid dienone is 1. The number of rotatable bonds is 9. The van der Waals surface area contributed by atoms with Crippen LogP contribution in [0.3, 0.4) is 0 Å². The second-order valence-corrected chi connectivity index (χ2v) is 8.11. The van der Waals surface area contributed by atoms with Gasteiger partial charge < -0.3 is 19.4 Å². The third kappa shape index (κ3) is 3.31. The average molecular weight is 416 g/mol. The molecule has 2 heterocycles. The highest BCUT2D eigenvalue weighted by atomic mass is 16.6. The number of hydrogen-bond donors (Lipinski definition) is 2. The van der Waals surface area contributed by atoms with Crippen LogP contribution in [0.5, 0.6) is 5.95 Å². The maximum Gasteiger partial charge on any atom is 0.343 e. The van der Waals surface area contributed by atoms with Crippen LogP contribution in [0.15, 0.2) is 22.1 Å². The molecule has 0 radical (unpaired) electrons. The van der Waals surface area contributed by atoms with Crippen molar-refractivity contribution in [1.29, 1.82) is 0 Å². The Labute approximate surface area is 175 Å². The van der Waals surface area contributed by atoms with Crippen LogP contribution in [0, 0.1) is 0 Å². The Morgan fingerprint density at radius 2 is 1.93 bits per heavy atom. The van der Waals surface area contributed by atoms with Gasteiger partial charge in [-0.15, -0.1) is 0 Å². The van der Waals surface area contributed by atoms with E-state index in [9.17, 15) is 24.6 Å². The molecular formula is C23H28O7. The lowest BCUT2D eigenvalue weighted by Crippen LogP contribution is -2.56. The Kier molecular flexibility index (Phi) is 6.04. The van der Waals surface area contributed by atoms with Crippen molar-refractivity contribution in [3.05, 3.63) is 34.6 Å². The summed E-state index contributed by atoms with van der Waals surface area (Å²) < 4.78 is 11.0. The van der Waals surface area contributed by atoms with Crippen molar-refractivity contribution in [3.8, 4) is 5.95 Å². The molecule has 0 spiro atoms. The highest BCUT2D eigenvalue weighted by Crippen LogP contribution is 2.55. The number of furan rings is 1. The van der Waals surface area contributed by atoms with E-state index in [0.29, 0.717) is 12.7 Å². The molecule has 0 saturated heterocycles. The zero-order chi connectivity index (χ0) is 22.1. The summed E-state index contributed by atoms with van der Waals surface area (Å²) in [6, 6.07) is 0. The van der Waals surface area contributed by atoms with Gasteiger partial charge >= 0.3 is 5.97 Å². The molecule has 0 unspecified atom stereocenters. The predicted molar refractivity (Wildman–Crippen MR) is 109 cm³/mol. The highest BCUT2D eigenvalue weighted by molar-refractivity contribution is 6.26. The van der Waals surface area contributed by atoms with E-state index in [1.807, 2.05) is 0 Å². The first-order valence-corrected chi connectivity index (χ1v) is 10.4. The maximum atomic E-state index is 13.0. The van der Waals surface area contributed by atoms with Gasteiger partial charge in [0.1, 0.15) is 22.5 Å². The fraction of sp³-hybridized carbons (Fsp3) is 0.522. The summed E-state index contributed by atoms with van der Waals surface area (Å²) in [5, 5.41) is 21.5. The van der Waals surface area contributed by atoms with E-state index in [2.05, 4.69) is 6.92 Å². The number of aromatic hydroxyl groups is 1. The Hall–Kier alpha value is -2.67. The Bertz CT molecular complexity index is 936. The molecule has 0 fully saturated rings. The maximum absolute atomic E-state index is 13.0. The van der Waals surface area contributed by atoms with E-state index in [1.165, 1.54) is 13.0 Å². The third-order valence-corrected chi connectivity index (χ3v) is 6.10. The second kappa shape index (κ2) is 8.22. The van der Waals surface area contributed by atoms with Crippen LogP contribution in [0.4, 0.5) is 0 Å². The number of aliphatic hydroxyl groups is 1. The number of hydrogen-bond acceptors (Lipinski definition) is 7. The molecule has 1 aliphatic carbocycles. The first-order valence-electron chi connectivity index (χ1n) is 10.4. The summed E-state index contributed by atoms with van der Waals surface area (Å²) in [5.41, 5.74) is -3.23. The zero-order valence-electron chi connectivity index (χ0n) is 17.6. The van der Waals surface area contributed by atoms with Gasteiger partial charge in [0.25, 0.3) is 5.95 Å². The van der Waals surface area contributed by atoms with E-state index < -0.39 is 28.9 Å². The van der Waals surface area contributed by atoms with Crippen LogP contribution in [-0.4, -0.2) is 39.5 Å². The average Bonchev–Trinajstić information content (AvgIpc) is 3.14. The molecule has 1 aromatic rings. The molecule has 7 heteroatoms. The Morgan fingerprint density at radius 1 is 1.23 bits per heavy atom. The summed E-state index contributed by atoms with van der Waals surface area (Å²) >= 11 is 0. The van der Waals surface area contributed by atoms with E-state index >= 15 is 0 Å². The van der Waals surface area contributed by atoms with Crippen LogP contribution in [-0.2, 0) is 20.7 Å². The van der Waals surface area contributed by atoms with Gasteiger partial charge in [0.05, 0.1) is 5.57 Å². The lowest BCUT2D eigenvalue weighted by molar-refractivity contribution is -0.161. The summed E-state index contributed by atoms with van der Waals surface area (Å²) in [4.78, 5) is 37.3.